The second-order valence-electron chi connectivity index (χ2n) is 9.89. The molecule has 0 radical (unpaired) electrons. The van der Waals surface area contributed by atoms with Crippen LogP contribution in [0.3, 0.4) is 0 Å². The number of hydrogen-bond acceptors (Lipinski definition) is 13. The predicted octanol–water partition coefficient (Wildman–Crippen LogP) is 3.45. The SMILES string of the molecule is C=CC(=O)OCCOC(=O)Oc1cccc(C/C=C(\C=C)C(=O)Oc2ccc(C(=O)O[C@@H]3COC4C3OC[C@H]4OC(C)=O)cc2)c1. The van der Waals surface area contributed by atoms with Crippen LogP contribution in [0.25, 0.3) is 0 Å². The molecule has 46 heavy (non-hydrogen) atoms. The van der Waals surface area contributed by atoms with E-state index in [4.69, 9.17) is 37.9 Å². The fourth-order valence-corrected chi connectivity index (χ4v) is 4.54. The van der Waals surface area contributed by atoms with Gasteiger partial charge in [-0.1, -0.05) is 37.4 Å². The van der Waals surface area contributed by atoms with Gasteiger partial charge in [0.2, 0.25) is 0 Å². The Bertz CT molecular complexity index is 1490. The Balaban J connectivity index is 1.25. The van der Waals surface area contributed by atoms with Crippen molar-refractivity contribution in [1.29, 1.82) is 0 Å². The van der Waals surface area contributed by atoms with Crippen molar-refractivity contribution >= 4 is 30.0 Å². The number of esters is 4. The standard InChI is InChI=1S/C33H32O13/c1-4-22(10-9-21-7-6-8-25(17-21)45-33(38)40-16-15-39-28(35)5-2)31(36)44-24-13-11-23(12-14-24)32(37)46-27-19-42-29-26(43-20(3)34)18-41-30(27)29/h4-8,10-14,17,26-27,29-30H,1-2,9,15-16,18-19H2,3H3/b22-10+/t26-,27-,29?,30?/m1/s1. The molecule has 2 heterocycles. The lowest BCUT2D eigenvalue weighted by Gasteiger charge is -2.17. The fraction of sp³-hybridized carbons (Fsp3) is 0.303. The maximum Gasteiger partial charge on any atom is 0.513 e. The second kappa shape index (κ2) is 16.2. The van der Waals surface area contributed by atoms with Crippen LogP contribution in [0.2, 0.25) is 0 Å². The Kier molecular flexibility index (Phi) is 11.8. The Labute approximate surface area is 264 Å². The third-order valence-corrected chi connectivity index (χ3v) is 6.67. The zero-order chi connectivity index (χ0) is 33.1. The summed E-state index contributed by atoms with van der Waals surface area (Å²) in [5, 5.41) is 0. The van der Waals surface area contributed by atoms with Crippen molar-refractivity contribution in [2.24, 2.45) is 0 Å². The zero-order valence-corrected chi connectivity index (χ0v) is 24.9. The van der Waals surface area contributed by atoms with E-state index in [-0.39, 0.29) is 55.5 Å². The van der Waals surface area contributed by atoms with Crippen LogP contribution in [0.5, 0.6) is 11.5 Å². The zero-order valence-electron chi connectivity index (χ0n) is 24.9. The molecular formula is C33H32O13. The van der Waals surface area contributed by atoms with Crippen molar-refractivity contribution < 1.29 is 61.9 Å². The van der Waals surface area contributed by atoms with Crippen LogP contribution >= 0.6 is 0 Å². The molecule has 4 atom stereocenters. The summed E-state index contributed by atoms with van der Waals surface area (Å²) in [5.74, 6) is -1.97. The molecule has 0 amide bonds. The molecule has 2 aliphatic rings. The summed E-state index contributed by atoms with van der Waals surface area (Å²) in [7, 11) is 0. The van der Waals surface area contributed by atoms with Crippen LogP contribution in [-0.2, 0) is 49.2 Å². The Morgan fingerprint density at radius 2 is 1.50 bits per heavy atom. The van der Waals surface area contributed by atoms with Crippen LogP contribution < -0.4 is 9.47 Å². The van der Waals surface area contributed by atoms with Crippen molar-refractivity contribution in [3.63, 3.8) is 0 Å². The van der Waals surface area contributed by atoms with Gasteiger partial charge in [-0.05, 0) is 48.4 Å². The van der Waals surface area contributed by atoms with Gasteiger partial charge in [-0.3, -0.25) is 4.79 Å². The van der Waals surface area contributed by atoms with Gasteiger partial charge in [-0.15, -0.1) is 0 Å². The van der Waals surface area contributed by atoms with E-state index in [9.17, 15) is 24.0 Å². The molecule has 2 fully saturated rings. The number of ether oxygens (including phenoxy) is 8. The van der Waals surface area contributed by atoms with E-state index >= 15 is 0 Å². The highest BCUT2D eigenvalue weighted by molar-refractivity contribution is 5.93. The molecule has 13 heteroatoms. The van der Waals surface area contributed by atoms with E-state index in [2.05, 4.69) is 13.2 Å². The Morgan fingerprint density at radius 3 is 2.15 bits per heavy atom. The molecule has 4 rings (SSSR count). The quantitative estimate of drug-likeness (QED) is 0.0599. The monoisotopic (exact) mass is 636 g/mol. The van der Waals surface area contributed by atoms with Crippen molar-refractivity contribution in [2.75, 3.05) is 26.4 Å². The van der Waals surface area contributed by atoms with Gasteiger partial charge in [0.15, 0.2) is 12.2 Å². The number of benzene rings is 2. The summed E-state index contributed by atoms with van der Waals surface area (Å²) < 4.78 is 42.2. The molecule has 0 saturated carbocycles. The molecule has 2 unspecified atom stereocenters. The molecular weight excluding hydrogens is 604 g/mol. The molecule has 0 spiro atoms. The van der Waals surface area contributed by atoms with Gasteiger partial charge in [0.05, 0.1) is 24.4 Å². The number of rotatable bonds is 13. The van der Waals surface area contributed by atoms with Crippen molar-refractivity contribution in [3.8, 4) is 11.5 Å². The molecule has 0 aliphatic carbocycles. The Hall–Kier alpha value is -5.27. The molecule has 0 aromatic heterocycles. The lowest BCUT2D eigenvalue weighted by Crippen LogP contribution is -2.35. The highest BCUT2D eigenvalue weighted by atomic mass is 16.7. The van der Waals surface area contributed by atoms with Crippen LogP contribution in [-0.4, -0.2) is 80.9 Å². The molecule has 2 aliphatic heterocycles. The van der Waals surface area contributed by atoms with Crippen LogP contribution in [0, 0.1) is 0 Å². The van der Waals surface area contributed by atoms with Gasteiger partial charge in [0.25, 0.3) is 0 Å². The first kappa shape index (κ1) is 33.6. The van der Waals surface area contributed by atoms with E-state index in [0.29, 0.717) is 5.56 Å². The lowest BCUT2D eigenvalue weighted by atomic mass is 10.1. The number of fused-ring (bicyclic) bond motifs is 1. The van der Waals surface area contributed by atoms with E-state index < -0.39 is 54.4 Å². The van der Waals surface area contributed by atoms with Crippen LogP contribution in [0.15, 0.2) is 85.5 Å². The molecule has 242 valence electrons. The summed E-state index contributed by atoms with van der Waals surface area (Å²) in [5.41, 5.74) is 1.12. The molecule has 2 saturated heterocycles. The highest BCUT2D eigenvalue weighted by Gasteiger charge is 2.51. The van der Waals surface area contributed by atoms with Gasteiger partial charge >= 0.3 is 30.0 Å². The summed E-state index contributed by atoms with van der Waals surface area (Å²) in [4.78, 5) is 59.7. The highest BCUT2D eigenvalue weighted by Crippen LogP contribution is 2.31. The molecule has 2 aromatic carbocycles. The third kappa shape index (κ3) is 9.36. The van der Waals surface area contributed by atoms with Crippen LogP contribution in [0.4, 0.5) is 4.79 Å². The number of allylic oxidation sites excluding steroid dienone is 1. The van der Waals surface area contributed by atoms with Crippen molar-refractivity contribution in [1.82, 2.24) is 0 Å². The minimum Gasteiger partial charge on any atom is -0.459 e. The second-order valence-corrected chi connectivity index (χ2v) is 9.89. The lowest BCUT2D eigenvalue weighted by molar-refractivity contribution is -0.151. The summed E-state index contributed by atoms with van der Waals surface area (Å²) in [6, 6.07) is 12.4. The predicted molar refractivity (Wildman–Crippen MR) is 158 cm³/mol. The van der Waals surface area contributed by atoms with Crippen molar-refractivity contribution in [2.45, 2.75) is 37.8 Å². The van der Waals surface area contributed by atoms with E-state index in [1.165, 1.54) is 37.3 Å². The molecule has 0 bridgehead atoms. The van der Waals surface area contributed by atoms with Crippen LogP contribution in [0.1, 0.15) is 22.8 Å². The van der Waals surface area contributed by atoms with Gasteiger partial charge in [0, 0.05) is 13.0 Å². The van der Waals surface area contributed by atoms with E-state index in [0.717, 1.165) is 6.08 Å². The summed E-state index contributed by atoms with van der Waals surface area (Å²) in [6.07, 6.45) is 0.961. The summed E-state index contributed by atoms with van der Waals surface area (Å²) in [6.45, 7) is 8.16. The minimum atomic E-state index is -0.976. The number of carbonyl (C=O) groups is 5. The average molecular weight is 637 g/mol. The smallest absolute Gasteiger partial charge is 0.459 e. The molecule has 0 N–H and O–H groups in total. The Morgan fingerprint density at radius 1 is 0.826 bits per heavy atom. The van der Waals surface area contributed by atoms with E-state index in [1.54, 1.807) is 30.3 Å². The first-order chi connectivity index (χ1) is 22.2. The maximum absolute atomic E-state index is 12.8. The first-order valence-corrected chi connectivity index (χ1v) is 14.2. The van der Waals surface area contributed by atoms with Crippen molar-refractivity contribution in [3.05, 3.63) is 96.6 Å². The minimum absolute atomic E-state index is 0.103. The normalized spacial score (nSPS) is 20.1. The number of carbonyl (C=O) groups excluding carboxylic acids is 5. The average Bonchev–Trinajstić information content (AvgIpc) is 3.62. The van der Waals surface area contributed by atoms with Gasteiger partial charge < -0.3 is 37.9 Å². The van der Waals surface area contributed by atoms with Gasteiger partial charge in [-0.25, -0.2) is 19.2 Å². The topological polar surface area (TPSA) is 159 Å². The first-order valence-electron chi connectivity index (χ1n) is 14.2. The number of hydrogen-bond donors (Lipinski definition) is 0. The molecule has 13 nitrogen and oxygen atoms in total. The summed E-state index contributed by atoms with van der Waals surface area (Å²) >= 11 is 0. The third-order valence-electron chi connectivity index (χ3n) is 6.67. The molecule has 2 aromatic rings. The largest absolute Gasteiger partial charge is 0.513 e. The van der Waals surface area contributed by atoms with Gasteiger partial charge in [0.1, 0.15) is 36.9 Å². The maximum atomic E-state index is 12.8. The van der Waals surface area contributed by atoms with E-state index in [1.807, 2.05) is 0 Å². The van der Waals surface area contributed by atoms with Gasteiger partial charge in [-0.2, -0.15) is 0 Å². The fourth-order valence-electron chi connectivity index (χ4n) is 4.54.